The number of methoxy groups -OCH3 is 2. The number of hydrogen-bond donors (Lipinski definition) is 2. The third-order valence-corrected chi connectivity index (χ3v) is 6.99. The van der Waals surface area contributed by atoms with Crippen molar-refractivity contribution in [1.82, 2.24) is 14.8 Å². The van der Waals surface area contributed by atoms with Crippen molar-refractivity contribution in [2.75, 3.05) is 30.0 Å². The van der Waals surface area contributed by atoms with E-state index in [9.17, 15) is 22.0 Å². The lowest BCUT2D eigenvalue weighted by Crippen LogP contribution is -2.20. The Morgan fingerprint density at radius 3 is 2.47 bits per heavy atom. The molecule has 0 saturated carbocycles. The topological polar surface area (TPSA) is 124 Å². The van der Waals surface area contributed by atoms with Gasteiger partial charge in [0.2, 0.25) is 15.9 Å². The summed E-state index contributed by atoms with van der Waals surface area (Å²) < 4.78 is 67.4. The maximum absolute atomic E-state index is 15.0. The Kier molecular flexibility index (Phi) is 7.76. The van der Waals surface area contributed by atoms with Crippen molar-refractivity contribution in [1.29, 1.82) is 0 Å². The van der Waals surface area contributed by atoms with E-state index in [0.29, 0.717) is 29.7 Å². The number of halogens is 2. The van der Waals surface area contributed by atoms with Crippen LogP contribution >= 0.6 is 0 Å². The van der Waals surface area contributed by atoms with Crippen molar-refractivity contribution in [3.05, 3.63) is 71.4 Å². The first kappa shape index (κ1) is 26.8. The van der Waals surface area contributed by atoms with E-state index in [1.54, 1.807) is 24.8 Å². The van der Waals surface area contributed by atoms with Gasteiger partial charge in [-0.1, -0.05) is 19.1 Å². The number of fused-ring (bicyclic) bond motifs is 1. The maximum atomic E-state index is 15.0. The van der Waals surface area contributed by atoms with Gasteiger partial charge in [-0.15, -0.1) is 5.10 Å². The highest BCUT2D eigenvalue weighted by atomic mass is 32.2. The highest BCUT2D eigenvalue weighted by Crippen LogP contribution is 2.28. The van der Waals surface area contributed by atoms with Gasteiger partial charge in [-0.2, -0.15) is 0 Å². The second-order valence-corrected chi connectivity index (χ2v) is 10.1. The van der Waals surface area contributed by atoms with Crippen LogP contribution in [0.25, 0.3) is 11.0 Å². The molecule has 4 aromatic rings. The van der Waals surface area contributed by atoms with Gasteiger partial charge in [-0.25, -0.2) is 26.9 Å². The van der Waals surface area contributed by atoms with Gasteiger partial charge in [0.15, 0.2) is 11.5 Å². The first-order valence-corrected chi connectivity index (χ1v) is 13.1. The predicted molar refractivity (Wildman–Crippen MR) is 138 cm³/mol. The summed E-state index contributed by atoms with van der Waals surface area (Å²) in [5.41, 5.74) is 0.242. The van der Waals surface area contributed by atoms with Gasteiger partial charge in [-0.3, -0.25) is 9.52 Å². The number of carbonyl (C=O) groups excluding carboxylic acids is 1. The van der Waals surface area contributed by atoms with Crippen molar-refractivity contribution in [3.8, 4) is 11.6 Å². The Morgan fingerprint density at radius 2 is 1.82 bits per heavy atom. The molecule has 0 aliphatic rings. The number of aromatic nitrogens is 3. The monoisotopic (exact) mass is 545 g/mol. The standard InChI is InChI=1S/C25H25F2N5O5S/c1-4-9-38(34,35)31-21-11-16(26)10-19(22(21)27)24(33)29-17-12-20-23(28-13-17)32(30-25(20)37-3)14-15-5-7-18(36-2)8-6-15/h5-8,10-13,31H,4,9,14H2,1-3H3,(H,29,33). The average molecular weight is 546 g/mol. The molecule has 0 aliphatic carbocycles. The number of nitrogens with zero attached hydrogens (tertiary/aromatic N) is 3. The number of ether oxygens (including phenoxy) is 2. The third-order valence-electron chi connectivity index (χ3n) is 5.52. The number of carbonyl (C=O) groups is 1. The highest BCUT2D eigenvalue weighted by Gasteiger charge is 2.22. The molecule has 2 aromatic heterocycles. The quantitative estimate of drug-likeness (QED) is 0.306. The van der Waals surface area contributed by atoms with E-state index in [-0.39, 0.29) is 23.7 Å². The zero-order valence-electron chi connectivity index (χ0n) is 20.8. The van der Waals surface area contributed by atoms with Crippen LogP contribution in [-0.2, 0) is 16.6 Å². The molecule has 13 heteroatoms. The van der Waals surface area contributed by atoms with Crippen LogP contribution in [0.3, 0.4) is 0 Å². The molecule has 2 heterocycles. The Balaban J connectivity index is 1.61. The summed E-state index contributed by atoms with van der Waals surface area (Å²) in [6.45, 7) is 2.01. The molecular formula is C25H25F2N5O5S. The minimum atomic E-state index is -3.91. The smallest absolute Gasteiger partial charge is 0.258 e. The molecule has 0 fully saturated rings. The largest absolute Gasteiger partial charge is 0.497 e. The van der Waals surface area contributed by atoms with Crippen LogP contribution in [0.2, 0.25) is 0 Å². The molecule has 38 heavy (non-hydrogen) atoms. The van der Waals surface area contributed by atoms with Crippen LogP contribution in [0.4, 0.5) is 20.2 Å². The van der Waals surface area contributed by atoms with E-state index in [4.69, 9.17) is 9.47 Å². The van der Waals surface area contributed by atoms with Crippen LogP contribution in [-0.4, -0.2) is 49.1 Å². The number of benzene rings is 2. The SMILES string of the molecule is CCCS(=O)(=O)Nc1cc(F)cc(C(=O)Nc2cnc3c(c2)c(OC)nn3Cc2ccc(OC)cc2)c1F. The molecule has 10 nitrogen and oxygen atoms in total. The number of anilines is 2. The first-order chi connectivity index (χ1) is 18.1. The Bertz CT molecular complexity index is 1590. The third kappa shape index (κ3) is 5.83. The molecule has 2 N–H and O–H groups in total. The summed E-state index contributed by atoms with van der Waals surface area (Å²) in [5, 5.41) is 7.37. The van der Waals surface area contributed by atoms with Crippen molar-refractivity contribution in [2.24, 2.45) is 0 Å². The minimum absolute atomic E-state index is 0.168. The Hall–Kier alpha value is -4.26. The second kappa shape index (κ2) is 11.0. The fraction of sp³-hybridized carbons (Fsp3) is 0.240. The predicted octanol–water partition coefficient (Wildman–Crippen LogP) is 4.18. The van der Waals surface area contributed by atoms with Crippen LogP contribution in [0.15, 0.2) is 48.7 Å². The van der Waals surface area contributed by atoms with Gasteiger partial charge in [0, 0.05) is 6.07 Å². The zero-order chi connectivity index (χ0) is 27.4. The fourth-order valence-electron chi connectivity index (χ4n) is 3.78. The molecule has 0 atom stereocenters. The summed E-state index contributed by atoms with van der Waals surface area (Å²) in [6.07, 6.45) is 1.61. The Labute approximate surface area is 217 Å². The highest BCUT2D eigenvalue weighted by molar-refractivity contribution is 7.92. The molecule has 2 aromatic carbocycles. The van der Waals surface area contributed by atoms with E-state index in [0.717, 1.165) is 11.3 Å². The van der Waals surface area contributed by atoms with E-state index in [1.807, 2.05) is 29.0 Å². The summed E-state index contributed by atoms with van der Waals surface area (Å²) in [7, 11) is -0.890. The molecule has 0 aliphatic heterocycles. The van der Waals surface area contributed by atoms with Crippen LogP contribution < -0.4 is 19.5 Å². The zero-order valence-corrected chi connectivity index (χ0v) is 21.6. The number of hydrogen-bond acceptors (Lipinski definition) is 7. The number of rotatable bonds is 10. The van der Waals surface area contributed by atoms with Crippen LogP contribution in [0.5, 0.6) is 11.6 Å². The second-order valence-electron chi connectivity index (χ2n) is 8.30. The van der Waals surface area contributed by atoms with Crippen molar-refractivity contribution < 1.29 is 31.5 Å². The molecule has 200 valence electrons. The Morgan fingerprint density at radius 1 is 1.08 bits per heavy atom. The van der Waals surface area contributed by atoms with Crippen LogP contribution in [0.1, 0.15) is 29.3 Å². The van der Waals surface area contributed by atoms with E-state index in [1.165, 1.54) is 13.3 Å². The summed E-state index contributed by atoms with van der Waals surface area (Å²) >= 11 is 0. The van der Waals surface area contributed by atoms with Crippen molar-refractivity contribution in [2.45, 2.75) is 19.9 Å². The molecule has 0 unspecified atom stereocenters. The van der Waals surface area contributed by atoms with Gasteiger partial charge < -0.3 is 14.8 Å². The van der Waals surface area contributed by atoms with Gasteiger partial charge in [0.1, 0.15) is 11.6 Å². The van der Waals surface area contributed by atoms with Crippen molar-refractivity contribution in [3.63, 3.8) is 0 Å². The molecule has 4 rings (SSSR count). The maximum Gasteiger partial charge on any atom is 0.258 e. The molecule has 0 spiro atoms. The number of amides is 1. The lowest BCUT2D eigenvalue weighted by atomic mass is 10.1. The molecule has 0 saturated heterocycles. The molecular weight excluding hydrogens is 520 g/mol. The van der Waals surface area contributed by atoms with E-state index in [2.05, 4.69) is 15.4 Å². The summed E-state index contributed by atoms with van der Waals surface area (Å²) in [5.74, 6) is -2.51. The first-order valence-electron chi connectivity index (χ1n) is 11.5. The summed E-state index contributed by atoms with van der Waals surface area (Å²) in [4.78, 5) is 17.2. The molecule has 0 radical (unpaired) electrons. The van der Waals surface area contributed by atoms with Crippen molar-refractivity contribution >= 4 is 38.3 Å². The van der Waals surface area contributed by atoms with E-state index < -0.39 is 38.8 Å². The molecule has 1 amide bonds. The summed E-state index contributed by atoms with van der Waals surface area (Å²) in [6, 6.07) is 10.3. The lowest BCUT2D eigenvalue weighted by molar-refractivity contribution is 0.102. The molecule has 0 bridgehead atoms. The average Bonchev–Trinajstić information content (AvgIpc) is 3.22. The van der Waals surface area contributed by atoms with Gasteiger partial charge in [-0.05, 0) is 36.2 Å². The fourth-order valence-corrected chi connectivity index (χ4v) is 4.90. The number of sulfonamides is 1. The normalized spacial score (nSPS) is 11.4. The van der Waals surface area contributed by atoms with Crippen LogP contribution in [0, 0.1) is 11.6 Å². The minimum Gasteiger partial charge on any atom is -0.497 e. The van der Waals surface area contributed by atoms with E-state index >= 15 is 0 Å². The van der Waals surface area contributed by atoms with Gasteiger partial charge in [0.05, 0.1) is 55.0 Å². The number of pyridine rings is 1. The van der Waals surface area contributed by atoms with Gasteiger partial charge in [0.25, 0.3) is 5.91 Å². The number of nitrogens with one attached hydrogen (secondary N) is 2. The lowest BCUT2D eigenvalue weighted by Gasteiger charge is -2.12. The van der Waals surface area contributed by atoms with Gasteiger partial charge >= 0.3 is 0 Å².